The Morgan fingerprint density at radius 2 is 2.06 bits per heavy atom. The summed E-state index contributed by atoms with van der Waals surface area (Å²) >= 11 is 0. The smallest absolute Gasteiger partial charge is 0.245 e. The van der Waals surface area contributed by atoms with Gasteiger partial charge in [-0.25, -0.2) is 0 Å². The SMILES string of the molecule is Cc1[c-]cc(-n2cc(C)ccc2=O)nc1.[Y]. The number of aromatic nitrogens is 2. The molecule has 0 saturated heterocycles. The van der Waals surface area contributed by atoms with Crippen LogP contribution in [0.2, 0.25) is 0 Å². The summed E-state index contributed by atoms with van der Waals surface area (Å²) in [4.78, 5) is 15.7. The molecule has 1 radical (unpaired) electrons. The number of hydrogen-bond acceptors (Lipinski definition) is 2. The molecule has 2 aromatic rings. The minimum absolute atomic E-state index is 0. The Labute approximate surface area is 119 Å². The third kappa shape index (κ3) is 2.86. The van der Waals surface area contributed by atoms with Gasteiger partial charge in [-0.1, -0.05) is 19.2 Å². The van der Waals surface area contributed by atoms with Crippen LogP contribution in [0, 0.1) is 19.9 Å². The Morgan fingerprint density at radius 3 is 2.69 bits per heavy atom. The minimum Gasteiger partial charge on any atom is -0.367 e. The zero-order chi connectivity index (χ0) is 10.8. The van der Waals surface area contributed by atoms with E-state index in [9.17, 15) is 4.79 Å². The van der Waals surface area contributed by atoms with Gasteiger partial charge in [0.25, 0.3) is 0 Å². The second-order valence-corrected chi connectivity index (χ2v) is 3.50. The van der Waals surface area contributed by atoms with E-state index in [0.717, 1.165) is 11.1 Å². The van der Waals surface area contributed by atoms with E-state index in [1.807, 2.05) is 13.8 Å². The Bertz CT molecular complexity index is 531. The Balaban J connectivity index is 0.00000128. The molecular formula is C12H11N2OY-. The normalized spacial score (nSPS) is 9.62. The predicted octanol–water partition coefficient (Wildman–Crippen LogP) is 1.65. The van der Waals surface area contributed by atoms with Crippen LogP contribution in [0.4, 0.5) is 0 Å². The maximum atomic E-state index is 11.6. The van der Waals surface area contributed by atoms with E-state index < -0.39 is 0 Å². The second-order valence-electron chi connectivity index (χ2n) is 3.50. The number of pyridine rings is 2. The fourth-order valence-corrected chi connectivity index (χ4v) is 1.32. The quantitative estimate of drug-likeness (QED) is 0.748. The summed E-state index contributed by atoms with van der Waals surface area (Å²) in [7, 11) is 0. The average Bonchev–Trinajstić information content (AvgIpc) is 2.23. The van der Waals surface area contributed by atoms with Crippen LogP contribution in [0.3, 0.4) is 0 Å². The Hall–Kier alpha value is -0.796. The molecule has 0 aliphatic rings. The standard InChI is InChI=1S/C12H11N2O.Y/c1-9-3-5-11(13-7-9)14-8-10(2)4-6-12(14)15;/h4-8H,1-2H3;/q-1;. The molecule has 3 nitrogen and oxygen atoms in total. The van der Waals surface area contributed by atoms with Gasteiger partial charge in [-0.15, -0.1) is 11.6 Å². The molecule has 0 aromatic carbocycles. The molecular weight excluding hydrogens is 277 g/mol. The first-order valence-corrected chi connectivity index (χ1v) is 4.71. The van der Waals surface area contributed by atoms with Gasteiger partial charge in [0.2, 0.25) is 5.56 Å². The molecule has 0 spiro atoms. The average molecular weight is 288 g/mol. The largest absolute Gasteiger partial charge is 0.367 e. The first kappa shape index (κ1) is 13.3. The summed E-state index contributed by atoms with van der Waals surface area (Å²) in [5, 5.41) is 0. The van der Waals surface area contributed by atoms with Crippen molar-refractivity contribution in [2.75, 3.05) is 0 Å². The van der Waals surface area contributed by atoms with Gasteiger partial charge < -0.3 is 9.55 Å². The van der Waals surface area contributed by atoms with Gasteiger partial charge in [0.1, 0.15) is 0 Å². The van der Waals surface area contributed by atoms with Gasteiger partial charge in [0.05, 0.1) is 0 Å². The van der Waals surface area contributed by atoms with E-state index in [4.69, 9.17) is 0 Å². The van der Waals surface area contributed by atoms with Crippen LogP contribution in [0.15, 0.2) is 35.4 Å². The first-order valence-electron chi connectivity index (χ1n) is 4.71. The van der Waals surface area contributed by atoms with Gasteiger partial charge in [-0.2, -0.15) is 6.07 Å². The van der Waals surface area contributed by atoms with Gasteiger partial charge >= 0.3 is 0 Å². The summed E-state index contributed by atoms with van der Waals surface area (Å²) < 4.78 is 1.52. The molecule has 0 bridgehead atoms. The van der Waals surface area contributed by atoms with Crippen molar-refractivity contribution in [3.05, 3.63) is 58.1 Å². The maximum absolute atomic E-state index is 11.6. The van der Waals surface area contributed by atoms with Crippen molar-refractivity contribution in [1.82, 2.24) is 9.55 Å². The third-order valence-electron chi connectivity index (χ3n) is 2.13. The molecule has 2 aromatic heterocycles. The van der Waals surface area contributed by atoms with Crippen LogP contribution in [0.5, 0.6) is 0 Å². The molecule has 2 rings (SSSR count). The van der Waals surface area contributed by atoms with Crippen molar-refractivity contribution in [2.24, 2.45) is 0 Å². The summed E-state index contributed by atoms with van der Waals surface area (Å²) in [6, 6.07) is 8.07. The molecule has 0 fully saturated rings. The van der Waals surface area contributed by atoms with E-state index in [-0.39, 0.29) is 38.3 Å². The van der Waals surface area contributed by atoms with Crippen LogP contribution in [0.1, 0.15) is 11.1 Å². The molecule has 0 aliphatic carbocycles. The molecule has 0 unspecified atom stereocenters. The van der Waals surface area contributed by atoms with E-state index >= 15 is 0 Å². The molecule has 2 heterocycles. The number of rotatable bonds is 1. The van der Waals surface area contributed by atoms with Crippen molar-refractivity contribution in [3.63, 3.8) is 0 Å². The van der Waals surface area contributed by atoms with Crippen molar-refractivity contribution in [3.8, 4) is 5.82 Å². The van der Waals surface area contributed by atoms with Crippen LogP contribution in [0.25, 0.3) is 5.82 Å². The molecule has 16 heavy (non-hydrogen) atoms. The monoisotopic (exact) mass is 288 g/mol. The summed E-state index contributed by atoms with van der Waals surface area (Å²) in [5.74, 6) is 0.606. The zero-order valence-corrected chi connectivity index (χ0v) is 12.1. The zero-order valence-electron chi connectivity index (χ0n) is 9.27. The van der Waals surface area contributed by atoms with Gasteiger partial charge in [0, 0.05) is 50.8 Å². The topological polar surface area (TPSA) is 34.9 Å². The van der Waals surface area contributed by atoms with Crippen molar-refractivity contribution in [2.45, 2.75) is 13.8 Å². The van der Waals surface area contributed by atoms with E-state index in [1.165, 1.54) is 10.6 Å². The van der Waals surface area contributed by atoms with Gasteiger partial charge in [-0.05, 0) is 12.5 Å². The molecule has 0 N–H and O–H groups in total. The van der Waals surface area contributed by atoms with Crippen LogP contribution >= 0.6 is 0 Å². The summed E-state index contributed by atoms with van der Waals surface area (Å²) in [5.41, 5.74) is 1.90. The number of aryl methyl sites for hydroxylation is 2. The molecule has 0 amide bonds. The Kier molecular flexibility index (Phi) is 4.57. The van der Waals surface area contributed by atoms with E-state index in [0.29, 0.717) is 5.82 Å². The summed E-state index contributed by atoms with van der Waals surface area (Å²) in [6.07, 6.45) is 3.47. The van der Waals surface area contributed by atoms with E-state index in [1.54, 1.807) is 24.5 Å². The minimum atomic E-state index is -0.0784. The fourth-order valence-electron chi connectivity index (χ4n) is 1.32. The molecule has 0 atom stereocenters. The summed E-state index contributed by atoms with van der Waals surface area (Å²) in [6.45, 7) is 3.85. The number of nitrogens with zero attached hydrogens (tertiary/aromatic N) is 2. The molecule has 0 saturated carbocycles. The van der Waals surface area contributed by atoms with Crippen molar-refractivity contribution >= 4 is 0 Å². The number of hydrogen-bond donors (Lipinski definition) is 0. The molecule has 0 aliphatic heterocycles. The first-order chi connectivity index (χ1) is 7.16. The Morgan fingerprint density at radius 1 is 1.31 bits per heavy atom. The van der Waals surface area contributed by atoms with Crippen LogP contribution in [-0.2, 0) is 32.7 Å². The second kappa shape index (κ2) is 5.51. The van der Waals surface area contributed by atoms with Crippen molar-refractivity contribution in [1.29, 1.82) is 0 Å². The van der Waals surface area contributed by atoms with E-state index in [2.05, 4.69) is 11.1 Å². The van der Waals surface area contributed by atoms with Gasteiger partial charge in [-0.3, -0.25) is 4.79 Å². The third-order valence-corrected chi connectivity index (χ3v) is 2.13. The fraction of sp³-hybridized carbons (Fsp3) is 0.167. The molecule has 79 valence electrons. The van der Waals surface area contributed by atoms with Gasteiger partial charge in [0.15, 0.2) is 0 Å². The van der Waals surface area contributed by atoms with Crippen molar-refractivity contribution < 1.29 is 32.7 Å². The molecule has 4 heteroatoms. The maximum Gasteiger partial charge on any atom is 0.245 e. The van der Waals surface area contributed by atoms with Crippen LogP contribution < -0.4 is 5.56 Å². The predicted molar refractivity (Wildman–Crippen MR) is 58.1 cm³/mol. The van der Waals surface area contributed by atoms with Crippen LogP contribution in [-0.4, -0.2) is 9.55 Å².